The molecule has 0 aliphatic rings. The summed E-state index contributed by atoms with van der Waals surface area (Å²) in [5.41, 5.74) is 2.20. The SMILES string of the molecule is CCOc1ccc(NC(=S)NC[C@@H](c2ccccc2)N(C)C)cc1. The van der Waals surface area contributed by atoms with Crippen molar-refractivity contribution >= 4 is 23.0 Å². The Labute approximate surface area is 149 Å². The molecule has 0 saturated heterocycles. The van der Waals surface area contributed by atoms with Gasteiger partial charge in [0.25, 0.3) is 0 Å². The number of rotatable bonds is 7. The largest absolute Gasteiger partial charge is 0.494 e. The first kappa shape index (κ1) is 18.2. The topological polar surface area (TPSA) is 36.5 Å². The van der Waals surface area contributed by atoms with Gasteiger partial charge in [0, 0.05) is 12.2 Å². The van der Waals surface area contributed by atoms with Gasteiger partial charge in [0.2, 0.25) is 0 Å². The first-order valence-electron chi connectivity index (χ1n) is 8.09. The number of thiocarbonyl (C=S) groups is 1. The lowest BCUT2D eigenvalue weighted by Gasteiger charge is -2.25. The number of nitrogens with one attached hydrogen (secondary N) is 2. The zero-order valence-corrected chi connectivity index (χ0v) is 15.3. The zero-order valence-electron chi connectivity index (χ0n) is 14.5. The molecule has 2 rings (SSSR count). The van der Waals surface area contributed by atoms with Crippen molar-refractivity contribution in [3.05, 3.63) is 60.2 Å². The van der Waals surface area contributed by atoms with Crippen LogP contribution in [-0.2, 0) is 0 Å². The maximum absolute atomic E-state index is 5.44. The molecule has 5 heteroatoms. The molecule has 0 aromatic heterocycles. The predicted molar refractivity (Wildman–Crippen MR) is 105 cm³/mol. The van der Waals surface area contributed by atoms with Crippen LogP contribution in [0, 0.1) is 0 Å². The van der Waals surface area contributed by atoms with Gasteiger partial charge in [-0.25, -0.2) is 0 Å². The summed E-state index contributed by atoms with van der Waals surface area (Å²) in [4.78, 5) is 2.18. The Bertz CT molecular complexity index is 629. The summed E-state index contributed by atoms with van der Waals surface area (Å²) in [7, 11) is 4.14. The Morgan fingerprint density at radius 2 is 1.75 bits per heavy atom. The van der Waals surface area contributed by atoms with Crippen LogP contribution in [0.25, 0.3) is 0 Å². The Morgan fingerprint density at radius 3 is 2.33 bits per heavy atom. The van der Waals surface area contributed by atoms with Gasteiger partial charge < -0.3 is 20.3 Å². The van der Waals surface area contributed by atoms with Gasteiger partial charge in [-0.1, -0.05) is 30.3 Å². The molecule has 1 atom stereocenters. The summed E-state index contributed by atoms with van der Waals surface area (Å²) in [6.07, 6.45) is 0. The number of anilines is 1. The van der Waals surface area contributed by atoms with Crippen LogP contribution in [0.3, 0.4) is 0 Å². The van der Waals surface area contributed by atoms with Crippen LogP contribution in [0.1, 0.15) is 18.5 Å². The molecule has 0 spiro atoms. The Kier molecular flexibility index (Phi) is 7.03. The van der Waals surface area contributed by atoms with E-state index >= 15 is 0 Å². The smallest absolute Gasteiger partial charge is 0.170 e. The lowest BCUT2D eigenvalue weighted by Crippen LogP contribution is -2.36. The number of ether oxygens (including phenoxy) is 1. The van der Waals surface area contributed by atoms with Crippen molar-refractivity contribution in [1.29, 1.82) is 0 Å². The first-order valence-corrected chi connectivity index (χ1v) is 8.50. The number of nitrogens with zero attached hydrogens (tertiary/aromatic N) is 1. The molecule has 128 valence electrons. The van der Waals surface area contributed by atoms with Crippen molar-refractivity contribution in [3.63, 3.8) is 0 Å². The highest BCUT2D eigenvalue weighted by Gasteiger charge is 2.13. The lowest BCUT2D eigenvalue weighted by atomic mass is 10.1. The number of likely N-dealkylation sites (N-methyl/N-ethyl adjacent to an activating group) is 1. The second kappa shape index (κ2) is 9.25. The molecule has 0 bridgehead atoms. The lowest BCUT2D eigenvalue weighted by molar-refractivity contribution is 0.299. The van der Waals surface area contributed by atoms with Gasteiger partial charge in [0.1, 0.15) is 5.75 Å². The molecule has 24 heavy (non-hydrogen) atoms. The zero-order chi connectivity index (χ0) is 17.4. The van der Waals surface area contributed by atoms with Crippen LogP contribution in [0.5, 0.6) is 5.75 Å². The van der Waals surface area contributed by atoms with E-state index in [9.17, 15) is 0 Å². The van der Waals surface area contributed by atoms with E-state index in [4.69, 9.17) is 17.0 Å². The Balaban J connectivity index is 1.89. The van der Waals surface area contributed by atoms with Gasteiger partial charge in [-0.15, -0.1) is 0 Å². The highest BCUT2D eigenvalue weighted by Crippen LogP contribution is 2.17. The van der Waals surface area contributed by atoms with Crippen molar-refractivity contribution < 1.29 is 4.74 Å². The molecule has 4 nitrogen and oxygen atoms in total. The van der Waals surface area contributed by atoms with Gasteiger partial charge in [0.15, 0.2) is 5.11 Å². The standard InChI is InChI=1S/C19H25N3OS/c1-4-23-17-12-10-16(11-13-17)21-19(24)20-14-18(22(2)3)15-8-6-5-7-9-15/h5-13,18H,4,14H2,1-3H3,(H2,20,21,24)/t18-/m0/s1. The average molecular weight is 343 g/mol. The van der Waals surface area contributed by atoms with Crippen LogP contribution >= 0.6 is 12.2 Å². The predicted octanol–water partition coefficient (Wildman–Crippen LogP) is 3.67. The van der Waals surface area contributed by atoms with Crippen LogP contribution in [0.15, 0.2) is 54.6 Å². The molecule has 0 saturated carbocycles. The second-order valence-electron chi connectivity index (χ2n) is 5.68. The van der Waals surface area contributed by atoms with Gasteiger partial charge in [-0.3, -0.25) is 0 Å². The summed E-state index contributed by atoms with van der Waals surface area (Å²) in [5.74, 6) is 0.860. The molecule has 2 aromatic rings. The van der Waals surface area contributed by atoms with E-state index < -0.39 is 0 Å². The Hall–Kier alpha value is -2.11. The second-order valence-corrected chi connectivity index (χ2v) is 6.09. The molecule has 2 N–H and O–H groups in total. The fraction of sp³-hybridized carbons (Fsp3) is 0.316. The van der Waals surface area contributed by atoms with Crippen LogP contribution in [-0.4, -0.2) is 37.3 Å². The van der Waals surface area contributed by atoms with Crippen molar-refractivity contribution in [2.75, 3.05) is 32.6 Å². The molecule has 0 aliphatic heterocycles. The molecule has 0 fully saturated rings. The van der Waals surface area contributed by atoms with E-state index in [0.29, 0.717) is 11.7 Å². The minimum absolute atomic E-state index is 0.256. The third-order valence-electron chi connectivity index (χ3n) is 3.69. The van der Waals surface area contributed by atoms with Gasteiger partial charge in [-0.2, -0.15) is 0 Å². The van der Waals surface area contributed by atoms with E-state index in [2.05, 4.69) is 53.9 Å². The molecule has 0 unspecified atom stereocenters. The summed E-state index contributed by atoms with van der Waals surface area (Å²) in [6.45, 7) is 3.37. The highest BCUT2D eigenvalue weighted by atomic mass is 32.1. The first-order chi connectivity index (χ1) is 11.6. The van der Waals surface area contributed by atoms with E-state index in [0.717, 1.165) is 18.0 Å². The highest BCUT2D eigenvalue weighted by molar-refractivity contribution is 7.80. The van der Waals surface area contributed by atoms with Crippen molar-refractivity contribution in [2.45, 2.75) is 13.0 Å². The fourth-order valence-electron chi connectivity index (χ4n) is 2.44. The number of hydrogen-bond donors (Lipinski definition) is 2. The van der Waals surface area contributed by atoms with Crippen LogP contribution < -0.4 is 15.4 Å². The van der Waals surface area contributed by atoms with E-state index in [1.807, 2.05) is 37.3 Å². The van der Waals surface area contributed by atoms with E-state index in [1.54, 1.807) is 0 Å². The van der Waals surface area contributed by atoms with Crippen molar-refractivity contribution in [1.82, 2.24) is 10.2 Å². The minimum Gasteiger partial charge on any atom is -0.494 e. The van der Waals surface area contributed by atoms with Crippen molar-refractivity contribution in [3.8, 4) is 5.75 Å². The van der Waals surface area contributed by atoms with Crippen LogP contribution in [0.2, 0.25) is 0 Å². The maximum Gasteiger partial charge on any atom is 0.170 e. The molecule has 0 heterocycles. The van der Waals surface area contributed by atoms with E-state index in [-0.39, 0.29) is 6.04 Å². The molecule has 0 radical (unpaired) electrons. The van der Waals surface area contributed by atoms with E-state index in [1.165, 1.54) is 5.56 Å². The monoisotopic (exact) mass is 343 g/mol. The van der Waals surface area contributed by atoms with Gasteiger partial charge in [-0.05, 0) is 63.1 Å². The summed E-state index contributed by atoms with van der Waals surface area (Å²) in [5, 5.41) is 7.11. The molecular weight excluding hydrogens is 318 g/mol. The fourth-order valence-corrected chi connectivity index (χ4v) is 2.64. The minimum atomic E-state index is 0.256. The Morgan fingerprint density at radius 1 is 1.08 bits per heavy atom. The third kappa shape index (κ3) is 5.51. The van der Waals surface area contributed by atoms with Gasteiger partial charge >= 0.3 is 0 Å². The van der Waals surface area contributed by atoms with Gasteiger partial charge in [0.05, 0.1) is 12.6 Å². The summed E-state index contributed by atoms with van der Waals surface area (Å²) < 4.78 is 5.44. The molecule has 0 aliphatic carbocycles. The van der Waals surface area contributed by atoms with Crippen LogP contribution in [0.4, 0.5) is 5.69 Å². The third-order valence-corrected chi connectivity index (χ3v) is 3.93. The summed E-state index contributed by atoms with van der Waals surface area (Å²) >= 11 is 5.40. The number of benzene rings is 2. The normalized spacial score (nSPS) is 11.8. The molecule has 0 amide bonds. The summed E-state index contributed by atoms with van der Waals surface area (Å²) in [6, 6.07) is 18.4. The quantitative estimate of drug-likeness (QED) is 0.750. The molecule has 2 aromatic carbocycles. The number of hydrogen-bond acceptors (Lipinski definition) is 3. The molecular formula is C19H25N3OS. The average Bonchev–Trinajstić information content (AvgIpc) is 2.58. The maximum atomic E-state index is 5.44. The van der Waals surface area contributed by atoms with Crippen molar-refractivity contribution in [2.24, 2.45) is 0 Å².